The third-order valence-corrected chi connectivity index (χ3v) is 15.6. The summed E-state index contributed by atoms with van der Waals surface area (Å²) in [7, 11) is 0. The molecule has 0 aliphatic heterocycles. The molecule has 0 amide bonds. The van der Waals surface area contributed by atoms with E-state index < -0.39 is 5.41 Å². The van der Waals surface area contributed by atoms with Gasteiger partial charge in [-0.3, -0.25) is 0 Å². The second kappa shape index (κ2) is 14.7. The highest BCUT2D eigenvalue weighted by Gasteiger charge is 2.51. The van der Waals surface area contributed by atoms with Gasteiger partial charge in [0.1, 0.15) is 0 Å². The summed E-state index contributed by atoms with van der Waals surface area (Å²) in [5.74, 6) is 0. The number of hydrogen-bond acceptors (Lipinski definition) is 1. The van der Waals surface area contributed by atoms with Crippen molar-refractivity contribution in [1.82, 2.24) is 0 Å². The molecule has 0 bridgehead atoms. The second-order valence-electron chi connectivity index (χ2n) is 18.9. The highest BCUT2D eigenvalue weighted by Crippen LogP contribution is 2.63. The lowest BCUT2D eigenvalue weighted by atomic mass is 9.70. The van der Waals surface area contributed by atoms with Crippen LogP contribution < -0.4 is 4.90 Å². The summed E-state index contributed by atoms with van der Waals surface area (Å²) in [5, 5.41) is 2.44. The lowest BCUT2D eigenvalue weighted by molar-refractivity contribution is 0.714. The molecule has 11 aromatic rings. The zero-order valence-electron chi connectivity index (χ0n) is 37.7. The highest BCUT2D eigenvalue weighted by atomic mass is 15.1. The van der Waals surface area contributed by atoms with Gasteiger partial charge in [0, 0.05) is 22.5 Å². The Balaban J connectivity index is 0.967. The maximum atomic E-state index is 2.50. The lowest BCUT2D eigenvalue weighted by Gasteiger charge is -2.32. The van der Waals surface area contributed by atoms with Crippen LogP contribution in [0.3, 0.4) is 0 Å². The van der Waals surface area contributed by atoms with E-state index in [4.69, 9.17) is 0 Å². The second-order valence-corrected chi connectivity index (χ2v) is 18.9. The predicted octanol–water partition coefficient (Wildman–Crippen LogP) is 17.3. The Morgan fingerprint density at radius 1 is 0.279 bits per heavy atom. The van der Waals surface area contributed by atoms with E-state index in [1.165, 1.54) is 105 Å². The number of nitrogens with zero attached hydrogens (tertiary/aromatic N) is 1. The Morgan fingerprint density at radius 3 is 1.43 bits per heavy atom. The molecule has 0 aromatic heterocycles. The van der Waals surface area contributed by atoms with Gasteiger partial charge in [0.15, 0.2) is 0 Å². The van der Waals surface area contributed by atoms with Crippen molar-refractivity contribution < 1.29 is 0 Å². The number of anilines is 3. The van der Waals surface area contributed by atoms with Gasteiger partial charge in [-0.05, 0) is 155 Å². The van der Waals surface area contributed by atoms with Crippen molar-refractivity contribution in [3.63, 3.8) is 0 Å². The topological polar surface area (TPSA) is 3.24 Å². The average molecular weight is 864 g/mol. The minimum absolute atomic E-state index is 0.266. The third-order valence-electron chi connectivity index (χ3n) is 15.6. The van der Waals surface area contributed by atoms with E-state index in [9.17, 15) is 0 Å². The smallest absolute Gasteiger partial charge is 0.0726 e. The molecule has 0 radical (unpaired) electrons. The first-order chi connectivity index (χ1) is 33.6. The Morgan fingerprint density at radius 2 is 0.765 bits per heavy atom. The van der Waals surface area contributed by atoms with Crippen molar-refractivity contribution in [2.75, 3.05) is 4.90 Å². The summed E-state index contributed by atoms with van der Waals surface area (Å²) >= 11 is 0. The van der Waals surface area contributed by atoms with E-state index in [-0.39, 0.29) is 5.41 Å². The number of fused-ring (bicyclic) bond motifs is 14. The van der Waals surface area contributed by atoms with Crippen molar-refractivity contribution in [1.29, 1.82) is 0 Å². The molecule has 11 aromatic carbocycles. The van der Waals surface area contributed by atoms with Gasteiger partial charge in [-0.2, -0.15) is 0 Å². The first-order valence-electron chi connectivity index (χ1n) is 23.8. The van der Waals surface area contributed by atoms with E-state index in [2.05, 4.69) is 267 Å². The van der Waals surface area contributed by atoms with E-state index in [1.807, 2.05) is 0 Å². The Hall–Kier alpha value is -8.52. The summed E-state index contributed by atoms with van der Waals surface area (Å²) in [6.07, 6.45) is 0. The molecule has 1 heteroatoms. The third kappa shape index (κ3) is 5.39. The zero-order valence-corrected chi connectivity index (χ0v) is 37.7. The van der Waals surface area contributed by atoms with Crippen LogP contribution in [0, 0.1) is 0 Å². The van der Waals surface area contributed by atoms with Crippen LogP contribution in [0.2, 0.25) is 0 Å². The van der Waals surface area contributed by atoms with Crippen molar-refractivity contribution in [2.24, 2.45) is 0 Å². The molecular formula is C67H45N. The van der Waals surface area contributed by atoms with Crippen LogP contribution in [0.5, 0.6) is 0 Å². The van der Waals surface area contributed by atoms with Gasteiger partial charge in [-0.1, -0.05) is 212 Å². The number of hydrogen-bond donors (Lipinski definition) is 0. The predicted molar refractivity (Wildman–Crippen MR) is 283 cm³/mol. The highest BCUT2D eigenvalue weighted by molar-refractivity contribution is 6.02. The molecule has 0 saturated carbocycles. The molecule has 0 heterocycles. The van der Waals surface area contributed by atoms with Crippen LogP contribution in [0.25, 0.3) is 66.4 Å². The summed E-state index contributed by atoms with van der Waals surface area (Å²) in [6.45, 7) is 2.40. The van der Waals surface area contributed by atoms with Gasteiger partial charge < -0.3 is 4.90 Å². The molecule has 1 unspecified atom stereocenters. The fourth-order valence-corrected chi connectivity index (χ4v) is 12.5. The van der Waals surface area contributed by atoms with Crippen molar-refractivity contribution in [2.45, 2.75) is 17.8 Å². The molecule has 68 heavy (non-hydrogen) atoms. The molecule has 0 fully saturated rings. The minimum atomic E-state index is -0.454. The Labute approximate surface area is 397 Å². The molecule has 3 aliphatic rings. The zero-order chi connectivity index (χ0) is 45.0. The molecule has 0 saturated heterocycles. The molecule has 1 spiro atoms. The van der Waals surface area contributed by atoms with Gasteiger partial charge in [0.2, 0.25) is 0 Å². The van der Waals surface area contributed by atoms with Crippen molar-refractivity contribution in [3.05, 3.63) is 294 Å². The van der Waals surface area contributed by atoms with Crippen LogP contribution in [-0.4, -0.2) is 0 Å². The first kappa shape index (κ1) is 38.7. The van der Waals surface area contributed by atoms with E-state index in [0.717, 1.165) is 17.1 Å². The van der Waals surface area contributed by atoms with Crippen molar-refractivity contribution >= 4 is 27.8 Å². The monoisotopic (exact) mass is 863 g/mol. The van der Waals surface area contributed by atoms with Gasteiger partial charge >= 0.3 is 0 Å². The van der Waals surface area contributed by atoms with Gasteiger partial charge in [-0.25, -0.2) is 0 Å². The molecule has 3 aliphatic carbocycles. The van der Waals surface area contributed by atoms with Crippen LogP contribution >= 0.6 is 0 Å². The van der Waals surface area contributed by atoms with E-state index in [1.54, 1.807) is 0 Å². The molecular weight excluding hydrogens is 819 g/mol. The number of benzene rings is 11. The summed E-state index contributed by atoms with van der Waals surface area (Å²) < 4.78 is 0. The first-order valence-corrected chi connectivity index (χ1v) is 23.8. The molecule has 1 nitrogen and oxygen atoms in total. The summed E-state index contributed by atoms with van der Waals surface area (Å²) in [5.41, 5.74) is 24.6. The minimum Gasteiger partial charge on any atom is -0.310 e. The molecule has 1 atom stereocenters. The standard InChI is InChI=1S/C67H45N/c1-66(48-21-6-3-7-22-48)60-28-14-10-24-53(60)57-38-34-46(41-64(57)66)44-32-35-49(36-33-44)68(51-40-47-20-8-9-23-52(47)59(42-51)45-18-4-2-5-19-45)50-37-39-58-56-27-13-17-31-63(56)67(65(58)43-50)61-29-15-11-25-54(61)55-26-12-16-30-62(55)67/h2-43H,1H3. The fourth-order valence-electron chi connectivity index (χ4n) is 12.5. The molecule has 14 rings (SSSR count). The Bertz CT molecular complexity index is 3740. The average Bonchev–Trinajstić information content (AvgIpc) is 3.98. The van der Waals surface area contributed by atoms with Gasteiger partial charge in [-0.15, -0.1) is 0 Å². The van der Waals surface area contributed by atoms with E-state index >= 15 is 0 Å². The quantitative estimate of drug-likeness (QED) is 0.161. The lowest BCUT2D eigenvalue weighted by Crippen LogP contribution is -2.26. The maximum Gasteiger partial charge on any atom is 0.0726 e. The van der Waals surface area contributed by atoms with Crippen LogP contribution in [0.4, 0.5) is 17.1 Å². The molecule has 318 valence electrons. The van der Waals surface area contributed by atoms with Crippen LogP contribution in [-0.2, 0) is 10.8 Å². The van der Waals surface area contributed by atoms with E-state index in [0.29, 0.717) is 0 Å². The summed E-state index contributed by atoms with van der Waals surface area (Å²) in [4.78, 5) is 2.48. The van der Waals surface area contributed by atoms with Crippen molar-refractivity contribution in [3.8, 4) is 55.6 Å². The Kier molecular flexibility index (Phi) is 8.40. The SMILES string of the molecule is CC1(c2ccccc2)c2ccccc2-c2ccc(-c3ccc(N(c4ccc5c(c4)C4(c6ccccc6-c6ccccc64)c4ccccc4-5)c4cc(-c5ccccc5)c5ccccc5c4)cc3)cc21. The van der Waals surface area contributed by atoms with Gasteiger partial charge in [0.05, 0.1) is 5.41 Å². The normalized spacial score (nSPS) is 15.3. The van der Waals surface area contributed by atoms with Gasteiger partial charge in [0.25, 0.3) is 0 Å². The summed E-state index contributed by atoms with van der Waals surface area (Å²) in [6, 6.07) is 95.2. The largest absolute Gasteiger partial charge is 0.310 e. The fraction of sp³-hybridized carbons (Fsp3) is 0.0448. The maximum absolute atomic E-state index is 2.50. The number of rotatable bonds is 6. The molecule has 0 N–H and O–H groups in total. The van der Waals surface area contributed by atoms with Crippen LogP contribution in [0.15, 0.2) is 255 Å². The van der Waals surface area contributed by atoms with Crippen LogP contribution in [0.1, 0.15) is 45.9 Å².